The number of benzene rings is 1. The Labute approximate surface area is 102 Å². The van der Waals surface area contributed by atoms with Gasteiger partial charge >= 0.3 is 0 Å². The van der Waals surface area contributed by atoms with Gasteiger partial charge in [-0.05, 0) is 24.5 Å². The Morgan fingerprint density at radius 3 is 2.47 bits per heavy atom. The van der Waals surface area contributed by atoms with Crippen LogP contribution in [0.4, 0.5) is 0 Å². The lowest BCUT2D eigenvalue weighted by Crippen LogP contribution is -2.22. The van der Waals surface area contributed by atoms with Crippen LogP contribution in [0, 0.1) is 0 Å². The van der Waals surface area contributed by atoms with Crippen molar-refractivity contribution in [2.24, 2.45) is 4.99 Å². The van der Waals surface area contributed by atoms with E-state index in [2.05, 4.69) is 24.0 Å². The van der Waals surface area contributed by atoms with E-state index >= 15 is 0 Å². The molecular weight excluding hydrogens is 210 g/mol. The van der Waals surface area contributed by atoms with E-state index in [9.17, 15) is 4.79 Å². The number of aldehydes is 1. The second-order valence-corrected chi connectivity index (χ2v) is 4.30. The molecule has 0 radical (unpaired) electrons. The van der Waals surface area contributed by atoms with E-state index in [1.54, 1.807) is 0 Å². The van der Waals surface area contributed by atoms with Crippen molar-refractivity contribution in [3.05, 3.63) is 42.0 Å². The molecule has 0 N–H and O–H groups in total. The first-order chi connectivity index (χ1) is 8.24. The summed E-state index contributed by atoms with van der Waals surface area (Å²) in [5.74, 6) is 0. The Kier molecular flexibility index (Phi) is 3.23. The highest BCUT2D eigenvalue weighted by atomic mass is 16.1. The van der Waals surface area contributed by atoms with Crippen LogP contribution in [0.1, 0.15) is 32.3 Å². The molecule has 2 heteroatoms. The summed E-state index contributed by atoms with van der Waals surface area (Å²) in [6, 6.07) is 10.1. The fourth-order valence-corrected chi connectivity index (χ4v) is 2.14. The number of carbonyl (C=O) groups excluding carboxylic acids is 1. The SMILES string of the molecule is CCC1=NC(C=O)(CC)C=C1c1ccccc1. The van der Waals surface area contributed by atoms with Crippen molar-refractivity contribution >= 4 is 17.6 Å². The minimum absolute atomic E-state index is 0.628. The summed E-state index contributed by atoms with van der Waals surface area (Å²) in [7, 11) is 0. The molecule has 0 bridgehead atoms. The zero-order valence-electron chi connectivity index (χ0n) is 10.3. The molecule has 1 heterocycles. The summed E-state index contributed by atoms with van der Waals surface area (Å²) in [5.41, 5.74) is 2.66. The first-order valence-electron chi connectivity index (χ1n) is 6.08. The monoisotopic (exact) mass is 227 g/mol. The molecule has 0 spiro atoms. The molecule has 1 aromatic rings. The first-order valence-corrected chi connectivity index (χ1v) is 6.08. The minimum atomic E-state index is -0.628. The van der Waals surface area contributed by atoms with Crippen LogP contribution in [0.25, 0.3) is 5.57 Å². The van der Waals surface area contributed by atoms with Gasteiger partial charge in [0, 0.05) is 11.3 Å². The largest absolute Gasteiger partial charge is 0.300 e. The molecule has 0 aliphatic carbocycles. The van der Waals surface area contributed by atoms with Gasteiger partial charge in [0.1, 0.15) is 5.54 Å². The van der Waals surface area contributed by atoms with Gasteiger partial charge < -0.3 is 4.79 Å². The average molecular weight is 227 g/mol. The number of carbonyl (C=O) groups is 1. The number of allylic oxidation sites excluding steroid dienone is 1. The molecule has 0 saturated heterocycles. The van der Waals surface area contributed by atoms with Crippen LogP contribution in [-0.4, -0.2) is 17.5 Å². The van der Waals surface area contributed by atoms with Crippen molar-refractivity contribution in [1.29, 1.82) is 0 Å². The van der Waals surface area contributed by atoms with Crippen LogP contribution in [0.3, 0.4) is 0 Å². The van der Waals surface area contributed by atoms with Gasteiger partial charge in [0.2, 0.25) is 0 Å². The highest BCUT2D eigenvalue weighted by molar-refractivity contribution is 6.26. The molecule has 1 aliphatic rings. The summed E-state index contributed by atoms with van der Waals surface area (Å²) < 4.78 is 0. The van der Waals surface area contributed by atoms with Crippen molar-refractivity contribution in [3.63, 3.8) is 0 Å². The van der Waals surface area contributed by atoms with E-state index in [0.717, 1.165) is 36.0 Å². The van der Waals surface area contributed by atoms with E-state index in [4.69, 9.17) is 0 Å². The van der Waals surface area contributed by atoms with E-state index in [0.29, 0.717) is 0 Å². The van der Waals surface area contributed by atoms with Crippen LogP contribution >= 0.6 is 0 Å². The van der Waals surface area contributed by atoms with E-state index in [1.165, 1.54) is 0 Å². The molecular formula is C15H17NO. The second-order valence-electron chi connectivity index (χ2n) is 4.30. The molecule has 1 atom stereocenters. The topological polar surface area (TPSA) is 29.4 Å². The molecule has 2 rings (SSSR count). The smallest absolute Gasteiger partial charge is 0.151 e. The number of aliphatic imine (C=N–C) groups is 1. The molecule has 1 aromatic carbocycles. The molecule has 88 valence electrons. The van der Waals surface area contributed by atoms with E-state index in [-0.39, 0.29) is 0 Å². The Bertz CT molecular complexity index is 473. The maximum Gasteiger partial charge on any atom is 0.151 e. The van der Waals surface area contributed by atoms with Gasteiger partial charge in [-0.2, -0.15) is 0 Å². The third kappa shape index (κ3) is 2.07. The molecule has 0 fully saturated rings. The summed E-state index contributed by atoms with van der Waals surface area (Å²) in [6.45, 7) is 4.07. The normalized spacial score (nSPS) is 23.2. The lowest BCUT2D eigenvalue weighted by molar-refractivity contribution is -0.110. The summed E-state index contributed by atoms with van der Waals surface area (Å²) in [5, 5.41) is 0. The van der Waals surface area contributed by atoms with Gasteiger partial charge in [0.25, 0.3) is 0 Å². The zero-order valence-corrected chi connectivity index (χ0v) is 10.3. The summed E-state index contributed by atoms with van der Waals surface area (Å²) in [6.07, 6.45) is 4.54. The second kappa shape index (κ2) is 4.66. The van der Waals surface area contributed by atoms with Crippen LogP contribution in [0.15, 0.2) is 41.4 Å². The molecule has 17 heavy (non-hydrogen) atoms. The molecule has 0 amide bonds. The van der Waals surface area contributed by atoms with E-state index < -0.39 is 5.54 Å². The number of nitrogens with zero attached hydrogens (tertiary/aromatic N) is 1. The highest BCUT2D eigenvalue weighted by Crippen LogP contribution is 2.32. The first kappa shape index (κ1) is 11.8. The fourth-order valence-electron chi connectivity index (χ4n) is 2.14. The number of rotatable bonds is 4. The van der Waals surface area contributed by atoms with Gasteiger partial charge in [0.15, 0.2) is 6.29 Å². The third-order valence-corrected chi connectivity index (χ3v) is 3.24. The predicted octanol–water partition coefficient (Wildman–Crippen LogP) is 3.28. The lowest BCUT2D eigenvalue weighted by atomic mass is 9.95. The Morgan fingerprint density at radius 2 is 1.94 bits per heavy atom. The van der Waals surface area contributed by atoms with Crippen molar-refractivity contribution in [3.8, 4) is 0 Å². The number of hydrogen-bond donors (Lipinski definition) is 0. The zero-order chi connectivity index (χ0) is 12.3. The van der Waals surface area contributed by atoms with Crippen LogP contribution in [0.2, 0.25) is 0 Å². The van der Waals surface area contributed by atoms with Gasteiger partial charge in [-0.3, -0.25) is 4.99 Å². The Hall–Kier alpha value is -1.70. The van der Waals surface area contributed by atoms with Crippen LogP contribution < -0.4 is 0 Å². The maximum atomic E-state index is 11.2. The highest BCUT2D eigenvalue weighted by Gasteiger charge is 2.31. The van der Waals surface area contributed by atoms with Crippen molar-refractivity contribution in [2.45, 2.75) is 32.2 Å². The van der Waals surface area contributed by atoms with Crippen molar-refractivity contribution in [2.75, 3.05) is 0 Å². The minimum Gasteiger partial charge on any atom is -0.300 e. The lowest BCUT2D eigenvalue weighted by Gasteiger charge is -2.12. The Morgan fingerprint density at radius 1 is 1.24 bits per heavy atom. The van der Waals surface area contributed by atoms with E-state index in [1.807, 2.05) is 31.2 Å². The van der Waals surface area contributed by atoms with Crippen LogP contribution in [0.5, 0.6) is 0 Å². The Balaban J connectivity index is 2.48. The predicted molar refractivity (Wildman–Crippen MR) is 71.2 cm³/mol. The summed E-state index contributed by atoms with van der Waals surface area (Å²) in [4.78, 5) is 15.8. The van der Waals surface area contributed by atoms with Crippen molar-refractivity contribution < 1.29 is 4.79 Å². The molecule has 2 nitrogen and oxygen atoms in total. The third-order valence-electron chi connectivity index (χ3n) is 3.24. The van der Waals surface area contributed by atoms with Gasteiger partial charge in [-0.25, -0.2) is 0 Å². The fraction of sp³-hybridized carbons (Fsp3) is 0.333. The molecule has 1 unspecified atom stereocenters. The van der Waals surface area contributed by atoms with Gasteiger partial charge in [-0.1, -0.05) is 44.2 Å². The van der Waals surface area contributed by atoms with Crippen molar-refractivity contribution in [1.82, 2.24) is 0 Å². The van der Waals surface area contributed by atoms with Crippen LogP contribution in [-0.2, 0) is 4.79 Å². The summed E-state index contributed by atoms with van der Waals surface area (Å²) >= 11 is 0. The quantitative estimate of drug-likeness (QED) is 0.726. The standard InChI is InChI=1S/C15H17NO/c1-3-14-13(12-8-6-5-7-9-12)10-15(4-2,11-17)16-14/h5-11H,3-4H2,1-2H3. The van der Waals surface area contributed by atoms with Gasteiger partial charge in [0.05, 0.1) is 0 Å². The average Bonchev–Trinajstić information content (AvgIpc) is 2.79. The van der Waals surface area contributed by atoms with Gasteiger partial charge in [-0.15, -0.1) is 0 Å². The number of hydrogen-bond acceptors (Lipinski definition) is 2. The maximum absolute atomic E-state index is 11.2. The molecule has 0 saturated carbocycles. The molecule has 0 aromatic heterocycles. The molecule has 1 aliphatic heterocycles.